The fraction of sp³-hybridized carbons (Fsp3) is 0.381. The van der Waals surface area contributed by atoms with Gasteiger partial charge in [0.15, 0.2) is 5.65 Å². The van der Waals surface area contributed by atoms with Gasteiger partial charge in [0, 0.05) is 29.1 Å². The highest BCUT2D eigenvalue weighted by molar-refractivity contribution is 7.16. The molecule has 0 N–H and O–H groups in total. The monoisotopic (exact) mass is 414 g/mol. The molecule has 1 aliphatic carbocycles. The Kier molecular flexibility index (Phi) is 5.25. The Balaban J connectivity index is 1.76. The number of nitrogens with zero attached hydrogens (tertiary/aromatic N) is 4. The summed E-state index contributed by atoms with van der Waals surface area (Å²) >= 11 is 7.56. The second kappa shape index (κ2) is 7.68. The van der Waals surface area contributed by atoms with Gasteiger partial charge in [0.1, 0.15) is 0 Å². The molecule has 3 aromatic rings. The van der Waals surface area contributed by atoms with Crippen LogP contribution in [-0.2, 0) is 6.54 Å². The largest absolute Gasteiger partial charge is 0.330 e. The van der Waals surface area contributed by atoms with E-state index in [2.05, 4.69) is 25.5 Å². The minimum Gasteiger partial charge on any atom is -0.330 e. The summed E-state index contributed by atoms with van der Waals surface area (Å²) in [6.45, 7) is 8.94. The summed E-state index contributed by atoms with van der Waals surface area (Å²) in [5.74, 6) is 0.428. The third-order valence-corrected chi connectivity index (χ3v) is 6.13. The Morgan fingerprint density at radius 1 is 1.46 bits per heavy atom. The summed E-state index contributed by atoms with van der Waals surface area (Å²) in [5, 5.41) is 5.31. The van der Waals surface area contributed by atoms with Crippen molar-refractivity contribution in [1.29, 1.82) is 0 Å². The van der Waals surface area contributed by atoms with Crippen LogP contribution in [0, 0.1) is 0 Å². The normalized spacial score (nSPS) is 14.0. The minimum atomic E-state index is -0.0259. The van der Waals surface area contributed by atoms with Gasteiger partial charge in [0.2, 0.25) is 0 Å². The molecule has 0 spiro atoms. The first-order valence-corrected chi connectivity index (χ1v) is 10.7. The van der Waals surface area contributed by atoms with Crippen LogP contribution in [0.4, 0.5) is 0 Å². The first kappa shape index (κ1) is 19.2. The topological polar surface area (TPSA) is 51.0 Å². The molecule has 0 radical (unpaired) electrons. The van der Waals surface area contributed by atoms with Crippen LogP contribution in [-0.4, -0.2) is 32.1 Å². The predicted molar refractivity (Wildman–Crippen MR) is 114 cm³/mol. The lowest BCUT2D eigenvalue weighted by atomic mass is 10.1. The molecule has 0 atom stereocenters. The number of amides is 1. The number of pyridine rings is 1. The van der Waals surface area contributed by atoms with Crippen molar-refractivity contribution in [2.75, 3.05) is 6.54 Å². The number of thiophene rings is 1. The van der Waals surface area contributed by atoms with Crippen LogP contribution in [0.15, 0.2) is 37.1 Å². The highest BCUT2D eigenvalue weighted by atomic mass is 35.5. The average molecular weight is 415 g/mol. The number of aromatic nitrogens is 3. The molecule has 3 aromatic heterocycles. The van der Waals surface area contributed by atoms with Gasteiger partial charge in [-0.3, -0.25) is 4.79 Å². The number of hydrogen-bond acceptors (Lipinski definition) is 4. The minimum absolute atomic E-state index is 0.0259. The average Bonchev–Trinajstić information content (AvgIpc) is 3.30. The Morgan fingerprint density at radius 2 is 2.25 bits per heavy atom. The Labute approximate surface area is 173 Å². The van der Waals surface area contributed by atoms with Crippen molar-refractivity contribution >= 4 is 39.9 Å². The third kappa shape index (κ3) is 3.71. The van der Waals surface area contributed by atoms with Crippen molar-refractivity contribution in [1.82, 2.24) is 19.7 Å². The van der Waals surface area contributed by atoms with Crippen LogP contribution in [0.1, 0.15) is 59.6 Å². The Morgan fingerprint density at radius 3 is 2.86 bits per heavy atom. The maximum absolute atomic E-state index is 13.5. The van der Waals surface area contributed by atoms with Crippen LogP contribution in [0.3, 0.4) is 0 Å². The van der Waals surface area contributed by atoms with E-state index in [-0.39, 0.29) is 11.9 Å². The van der Waals surface area contributed by atoms with Crippen LogP contribution >= 0.6 is 22.9 Å². The van der Waals surface area contributed by atoms with Crippen LogP contribution in [0.2, 0.25) is 4.34 Å². The fourth-order valence-corrected chi connectivity index (χ4v) is 4.45. The quantitative estimate of drug-likeness (QED) is 0.484. The molecule has 0 aromatic carbocycles. The van der Waals surface area contributed by atoms with E-state index < -0.39 is 0 Å². The number of hydrogen-bond donors (Lipinski definition) is 0. The van der Waals surface area contributed by atoms with Gasteiger partial charge in [-0.15, -0.1) is 17.9 Å². The van der Waals surface area contributed by atoms with Crippen molar-refractivity contribution in [3.8, 4) is 0 Å². The van der Waals surface area contributed by atoms with E-state index in [1.807, 2.05) is 22.9 Å². The van der Waals surface area contributed by atoms with Gasteiger partial charge in [-0.05, 0) is 44.9 Å². The molecular formula is C21H23ClN4OS. The maximum Gasteiger partial charge on any atom is 0.255 e. The van der Waals surface area contributed by atoms with Gasteiger partial charge in [-0.25, -0.2) is 9.67 Å². The number of carbonyl (C=O) groups excluding carboxylic acids is 1. The number of halogens is 1. The molecule has 5 nitrogen and oxygen atoms in total. The third-order valence-electron chi connectivity index (χ3n) is 4.91. The molecule has 1 aliphatic rings. The molecular weight excluding hydrogens is 392 g/mol. The van der Waals surface area contributed by atoms with Crippen molar-refractivity contribution in [3.05, 3.63) is 57.5 Å². The van der Waals surface area contributed by atoms with Crippen molar-refractivity contribution in [2.24, 2.45) is 0 Å². The van der Waals surface area contributed by atoms with Crippen LogP contribution < -0.4 is 0 Å². The molecule has 146 valence electrons. The van der Waals surface area contributed by atoms with Gasteiger partial charge in [-0.1, -0.05) is 17.7 Å². The van der Waals surface area contributed by atoms with E-state index in [4.69, 9.17) is 16.6 Å². The van der Waals surface area contributed by atoms with Gasteiger partial charge in [-0.2, -0.15) is 5.10 Å². The molecule has 1 saturated carbocycles. The number of rotatable bonds is 7. The lowest BCUT2D eigenvalue weighted by molar-refractivity contribution is 0.0766. The van der Waals surface area contributed by atoms with Gasteiger partial charge < -0.3 is 4.90 Å². The van der Waals surface area contributed by atoms with E-state index in [9.17, 15) is 4.79 Å². The second-order valence-electron chi connectivity index (χ2n) is 7.47. The molecule has 3 heterocycles. The van der Waals surface area contributed by atoms with Crippen molar-refractivity contribution < 1.29 is 4.79 Å². The van der Waals surface area contributed by atoms with E-state index in [0.29, 0.717) is 24.6 Å². The lowest BCUT2D eigenvalue weighted by Gasteiger charge is -2.21. The molecule has 0 saturated heterocycles. The predicted octanol–water partition coefficient (Wildman–Crippen LogP) is 5.43. The summed E-state index contributed by atoms with van der Waals surface area (Å²) < 4.78 is 2.62. The lowest BCUT2D eigenvalue weighted by Crippen LogP contribution is -2.30. The maximum atomic E-state index is 13.5. The van der Waals surface area contributed by atoms with Crippen molar-refractivity contribution in [2.45, 2.75) is 45.2 Å². The Bertz CT molecular complexity index is 1030. The molecule has 1 fully saturated rings. The zero-order chi connectivity index (χ0) is 19.8. The summed E-state index contributed by atoms with van der Waals surface area (Å²) in [4.78, 5) is 21.2. The summed E-state index contributed by atoms with van der Waals surface area (Å²) in [5.41, 5.74) is 2.46. The van der Waals surface area contributed by atoms with Crippen LogP contribution in [0.5, 0.6) is 0 Å². The van der Waals surface area contributed by atoms with Gasteiger partial charge in [0.25, 0.3) is 5.91 Å². The van der Waals surface area contributed by atoms with E-state index in [1.54, 1.807) is 17.2 Å². The highest BCUT2D eigenvalue weighted by Gasteiger charge is 2.29. The van der Waals surface area contributed by atoms with Gasteiger partial charge in [0.05, 0.1) is 28.0 Å². The zero-order valence-electron chi connectivity index (χ0n) is 16.1. The fourth-order valence-electron chi connectivity index (χ4n) is 3.35. The zero-order valence-corrected chi connectivity index (χ0v) is 17.6. The highest BCUT2D eigenvalue weighted by Crippen LogP contribution is 2.40. The molecule has 7 heteroatoms. The molecule has 0 bridgehead atoms. The van der Waals surface area contributed by atoms with E-state index in [0.717, 1.165) is 38.8 Å². The molecule has 0 unspecified atom stereocenters. The van der Waals surface area contributed by atoms with Crippen LogP contribution in [0.25, 0.3) is 11.0 Å². The second-order valence-corrected chi connectivity index (χ2v) is 9.27. The van der Waals surface area contributed by atoms with Crippen molar-refractivity contribution in [3.63, 3.8) is 0 Å². The van der Waals surface area contributed by atoms with E-state index >= 15 is 0 Å². The SMILES string of the molecule is C=CCN(Cc1ccc(Cl)s1)C(=O)c1cc(C2CC2)nc2c1cnn2C(C)C. The summed E-state index contributed by atoms with van der Waals surface area (Å²) in [6, 6.07) is 5.97. The summed E-state index contributed by atoms with van der Waals surface area (Å²) in [7, 11) is 0. The Hall–Kier alpha value is -2.18. The molecule has 0 aliphatic heterocycles. The number of carbonyl (C=O) groups is 1. The van der Waals surface area contributed by atoms with Gasteiger partial charge >= 0.3 is 0 Å². The first-order valence-electron chi connectivity index (χ1n) is 9.50. The first-order chi connectivity index (χ1) is 13.5. The molecule has 28 heavy (non-hydrogen) atoms. The number of fused-ring (bicyclic) bond motifs is 1. The molecule has 4 rings (SSSR count). The summed E-state index contributed by atoms with van der Waals surface area (Å²) in [6.07, 6.45) is 5.78. The van der Waals surface area contributed by atoms with E-state index in [1.165, 1.54) is 11.3 Å². The molecule has 1 amide bonds. The smallest absolute Gasteiger partial charge is 0.255 e. The standard InChI is InChI=1S/C21H23ClN4OS/c1-4-9-25(12-15-7-8-19(22)28-15)21(27)16-10-18(14-5-6-14)24-20-17(16)11-23-26(20)13(2)3/h4,7-8,10-11,13-14H,1,5-6,9,12H2,2-3H3.